The van der Waals surface area contributed by atoms with Gasteiger partial charge in [-0.25, -0.2) is 9.48 Å². The summed E-state index contributed by atoms with van der Waals surface area (Å²) in [6, 6.07) is 16.2. The first-order chi connectivity index (χ1) is 16.5. The summed E-state index contributed by atoms with van der Waals surface area (Å²) in [6.07, 6.45) is 1.34. The van der Waals surface area contributed by atoms with Gasteiger partial charge in [-0.2, -0.15) is 10.4 Å². The second-order valence-electron chi connectivity index (χ2n) is 6.99. The van der Waals surface area contributed by atoms with Crippen molar-refractivity contribution in [1.82, 2.24) is 9.78 Å². The van der Waals surface area contributed by atoms with Gasteiger partial charge in [0.15, 0.2) is 23.9 Å². The standard InChI is InChI=1S/C23H19N5O6/c1-15(16-7-8-19-20(9-16)33-14-32-19)27-34-13-22(30)31-12-21(29)26-23-17(10-24)11-25-28(23)18-5-3-2-4-6-18/h2-9,11H,12-14H2,1H3,(H,26,29)/b27-15-. The van der Waals surface area contributed by atoms with Crippen LogP contribution < -0.4 is 14.8 Å². The maximum absolute atomic E-state index is 12.3. The van der Waals surface area contributed by atoms with E-state index in [0.29, 0.717) is 22.9 Å². The highest BCUT2D eigenvalue weighted by Crippen LogP contribution is 2.32. The van der Waals surface area contributed by atoms with Crippen molar-refractivity contribution in [3.63, 3.8) is 0 Å². The van der Waals surface area contributed by atoms with Crippen molar-refractivity contribution in [3.8, 4) is 23.3 Å². The van der Waals surface area contributed by atoms with E-state index in [1.165, 1.54) is 10.9 Å². The lowest BCUT2D eigenvalue weighted by atomic mass is 10.1. The smallest absolute Gasteiger partial charge is 0.347 e. The Labute approximate surface area is 194 Å². The number of fused-ring (bicyclic) bond motifs is 1. The number of nitrogens with zero attached hydrogens (tertiary/aromatic N) is 4. The molecule has 11 heteroatoms. The quantitative estimate of drug-likeness (QED) is 0.307. The fraction of sp³-hybridized carbons (Fsp3) is 0.174. The zero-order chi connectivity index (χ0) is 23.9. The van der Waals surface area contributed by atoms with Gasteiger partial charge in [0.25, 0.3) is 5.91 Å². The van der Waals surface area contributed by atoms with E-state index in [9.17, 15) is 14.9 Å². The Hall–Kier alpha value is -4.85. The molecular weight excluding hydrogens is 442 g/mol. The number of aromatic nitrogens is 2. The first-order valence-electron chi connectivity index (χ1n) is 10.1. The molecule has 3 aromatic rings. The molecule has 4 rings (SSSR count). The van der Waals surface area contributed by atoms with E-state index in [1.807, 2.05) is 12.1 Å². The number of nitriles is 1. The number of rotatable bonds is 8. The molecule has 34 heavy (non-hydrogen) atoms. The lowest BCUT2D eigenvalue weighted by Gasteiger charge is -2.10. The summed E-state index contributed by atoms with van der Waals surface area (Å²) < 4.78 is 16.9. The van der Waals surface area contributed by atoms with E-state index in [4.69, 9.17) is 19.0 Å². The van der Waals surface area contributed by atoms with Crippen molar-refractivity contribution in [2.24, 2.45) is 5.16 Å². The summed E-state index contributed by atoms with van der Waals surface area (Å²) in [6.45, 7) is 0.814. The molecule has 1 aliphatic heterocycles. The fourth-order valence-electron chi connectivity index (χ4n) is 3.03. The van der Waals surface area contributed by atoms with E-state index in [1.54, 1.807) is 49.4 Å². The van der Waals surface area contributed by atoms with Gasteiger partial charge in [0.2, 0.25) is 13.4 Å². The molecule has 0 saturated carbocycles. The minimum Gasteiger partial charge on any atom is -0.454 e. The predicted octanol–water partition coefficient (Wildman–Crippen LogP) is 2.40. The highest BCUT2D eigenvalue weighted by molar-refractivity contribution is 5.99. The van der Waals surface area contributed by atoms with Gasteiger partial charge in [-0.15, -0.1) is 0 Å². The normalized spacial score (nSPS) is 12.1. The zero-order valence-electron chi connectivity index (χ0n) is 18.1. The largest absolute Gasteiger partial charge is 0.454 e. The molecule has 1 aromatic heterocycles. The van der Waals surface area contributed by atoms with Gasteiger partial charge in [0.1, 0.15) is 11.6 Å². The number of anilines is 1. The molecule has 0 aliphatic carbocycles. The van der Waals surface area contributed by atoms with Gasteiger partial charge in [-0.3, -0.25) is 4.79 Å². The highest BCUT2D eigenvalue weighted by Gasteiger charge is 2.17. The number of hydrogen-bond donors (Lipinski definition) is 1. The number of ether oxygens (including phenoxy) is 3. The van der Waals surface area contributed by atoms with Crippen LogP contribution in [-0.2, 0) is 19.2 Å². The molecule has 0 atom stereocenters. The van der Waals surface area contributed by atoms with Gasteiger partial charge >= 0.3 is 5.97 Å². The van der Waals surface area contributed by atoms with Gasteiger partial charge in [0.05, 0.1) is 17.6 Å². The number of hydrogen-bond acceptors (Lipinski definition) is 9. The Bertz CT molecular complexity index is 1280. The van der Waals surface area contributed by atoms with Crippen molar-refractivity contribution in [1.29, 1.82) is 5.26 Å². The Morgan fingerprint density at radius 3 is 2.76 bits per heavy atom. The van der Waals surface area contributed by atoms with E-state index >= 15 is 0 Å². The van der Waals surface area contributed by atoms with Gasteiger partial charge in [-0.1, -0.05) is 23.4 Å². The second-order valence-corrected chi connectivity index (χ2v) is 6.99. The number of carbonyl (C=O) groups excluding carboxylic acids is 2. The van der Waals surface area contributed by atoms with Crippen molar-refractivity contribution >= 4 is 23.4 Å². The van der Waals surface area contributed by atoms with Crippen LogP contribution in [0.3, 0.4) is 0 Å². The predicted molar refractivity (Wildman–Crippen MR) is 119 cm³/mol. The molecule has 0 radical (unpaired) electrons. The number of esters is 1. The lowest BCUT2D eigenvalue weighted by molar-refractivity contribution is -0.151. The molecule has 1 N–H and O–H groups in total. The number of para-hydroxylation sites is 1. The third-order valence-electron chi connectivity index (χ3n) is 4.69. The fourth-order valence-corrected chi connectivity index (χ4v) is 3.03. The minimum absolute atomic E-state index is 0.164. The molecule has 0 saturated heterocycles. The van der Waals surface area contributed by atoms with E-state index < -0.39 is 25.1 Å². The Morgan fingerprint density at radius 2 is 1.97 bits per heavy atom. The van der Waals surface area contributed by atoms with Crippen LogP contribution in [0.5, 0.6) is 11.5 Å². The van der Waals surface area contributed by atoms with Crippen LogP contribution >= 0.6 is 0 Å². The minimum atomic E-state index is -0.783. The summed E-state index contributed by atoms with van der Waals surface area (Å²) in [7, 11) is 0. The van der Waals surface area contributed by atoms with Gasteiger partial charge in [-0.05, 0) is 37.3 Å². The van der Waals surface area contributed by atoms with Crippen LogP contribution in [0.1, 0.15) is 18.1 Å². The Balaban J connectivity index is 1.28. The van der Waals surface area contributed by atoms with Crippen molar-refractivity contribution in [3.05, 3.63) is 65.9 Å². The summed E-state index contributed by atoms with van der Waals surface area (Å²) in [4.78, 5) is 29.3. The first kappa shape index (κ1) is 22.3. The molecule has 2 heterocycles. The van der Waals surface area contributed by atoms with Crippen LogP contribution in [0, 0.1) is 11.3 Å². The summed E-state index contributed by atoms with van der Waals surface area (Å²) in [5.41, 5.74) is 2.07. The molecular formula is C23H19N5O6. The van der Waals surface area contributed by atoms with Crippen LogP contribution in [0.2, 0.25) is 0 Å². The first-order valence-corrected chi connectivity index (χ1v) is 10.1. The van der Waals surface area contributed by atoms with Crippen molar-refractivity contribution in [2.75, 3.05) is 25.3 Å². The molecule has 0 unspecified atom stereocenters. The van der Waals surface area contributed by atoms with E-state index in [-0.39, 0.29) is 18.2 Å². The van der Waals surface area contributed by atoms with Crippen LogP contribution in [0.15, 0.2) is 59.9 Å². The topological polar surface area (TPSA) is 137 Å². The van der Waals surface area contributed by atoms with Crippen molar-refractivity contribution in [2.45, 2.75) is 6.92 Å². The highest BCUT2D eigenvalue weighted by atomic mass is 16.7. The second kappa shape index (κ2) is 10.2. The van der Waals surface area contributed by atoms with Crippen LogP contribution in [-0.4, -0.2) is 47.4 Å². The number of amides is 1. The third-order valence-corrected chi connectivity index (χ3v) is 4.69. The molecule has 0 spiro atoms. The summed E-state index contributed by atoms with van der Waals surface area (Å²) in [5.74, 6) is 0.00523. The number of nitrogens with one attached hydrogen (secondary N) is 1. The molecule has 1 amide bonds. The van der Waals surface area contributed by atoms with Crippen LogP contribution in [0.4, 0.5) is 5.82 Å². The molecule has 2 aromatic carbocycles. The number of benzene rings is 2. The molecule has 172 valence electrons. The average molecular weight is 461 g/mol. The molecule has 1 aliphatic rings. The van der Waals surface area contributed by atoms with Gasteiger partial charge < -0.3 is 24.4 Å². The molecule has 0 fully saturated rings. The summed E-state index contributed by atoms with van der Waals surface area (Å²) in [5, 5.41) is 19.9. The van der Waals surface area contributed by atoms with E-state index in [0.717, 1.165) is 5.56 Å². The maximum atomic E-state index is 12.3. The Morgan fingerprint density at radius 1 is 1.18 bits per heavy atom. The van der Waals surface area contributed by atoms with E-state index in [2.05, 4.69) is 15.6 Å². The average Bonchev–Trinajstić information content (AvgIpc) is 3.49. The third kappa shape index (κ3) is 5.13. The van der Waals surface area contributed by atoms with Gasteiger partial charge in [0, 0.05) is 5.56 Å². The van der Waals surface area contributed by atoms with Crippen LogP contribution in [0.25, 0.3) is 5.69 Å². The zero-order valence-corrected chi connectivity index (χ0v) is 18.1. The summed E-state index contributed by atoms with van der Waals surface area (Å²) >= 11 is 0. The Kier molecular flexibility index (Phi) is 6.69. The lowest BCUT2D eigenvalue weighted by Crippen LogP contribution is -2.24. The number of oxime groups is 1. The maximum Gasteiger partial charge on any atom is 0.347 e. The molecule has 11 nitrogen and oxygen atoms in total. The monoisotopic (exact) mass is 461 g/mol. The molecule has 0 bridgehead atoms. The number of carbonyl (C=O) groups is 2. The SMILES string of the molecule is C/C(=N/OCC(=O)OCC(=O)Nc1c(C#N)cnn1-c1ccccc1)c1ccc2c(c1)OCO2. The van der Waals surface area contributed by atoms with Crippen molar-refractivity contribution < 1.29 is 28.6 Å².